The van der Waals surface area contributed by atoms with Crippen molar-refractivity contribution in [2.75, 3.05) is 0 Å². The van der Waals surface area contributed by atoms with Crippen molar-refractivity contribution in [3.63, 3.8) is 0 Å². The predicted octanol–water partition coefficient (Wildman–Crippen LogP) is 1.46. The van der Waals surface area contributed by atoms with Crippen molar-refractivity contribution in [3.8, 4) is 0 Å². The lowest BCUT2D eigenvalue weighted by molar-refractivity contribution is -0.138. The standard InChI is InChI=1S/C9H8F3NO2/c10-9(11,12)7-2-3-8(15)13(6-7)4-1-5-14/h2-3,5-6H,1,4H2. The number of carbonyl (C=O) groups excluding carboxylic acids is 1. The van der Waals surface area contributed by atoms with Crippen molar-refractivity contribution in [2.45, 2.75) is 19.1 Å². The molecule has 0 amide bonds. The van der Waals surface area contributed by atoms with Gasteiger partial charge in [-0.15, -0.1) is 0 Å². The zero-order valence-corrected chi connectivity index (χ0v) is 7.62. The molecule has 0 aliphatic carbocycles. The molecule has 0 aliphatic rings. The Balaban J connectivity index is 3.05. The Morgan fingerprint density at radius 3 is 2.53 bits per heavy atom. The maximum atomic E-state index is 12.2. The topological polar surface area (TPSA) is 39.1 Å². The number of carbonyl (C=O) groups is 1. The molecule has 6 heteroatoms. The second kappa shape index (κ2) is 4.29. The zero-order valence-electron chi connectivity index (χ0n) is 7.62. The van der Waals surface area contributed by atoms with E-state index < -0.39 is 17.3 Å². The van der Waals surface area contributed by atoms with Gasteiger partial charge in [0, 0.05) is 25.2 Å². The third-order valence-electron chi connectivity index (χ3n) is 1.80. The molecule has 0 saturated heterocycles. The highest BCUT2D eigenvalue weighted by molar-refractivity contribution is 5.48. The SMILES string of the molecule is O=CCCn1cc(C(F)(F)F)ccc1=O. The van der Waals surface area contributed by atoms with Crippen molar-refractivity contribution in [1.29, 1.82) is 0 Å². The molecular formula is C9H8F3NO2. The van der Waals surface area contributed by atoms with E-state index in [0.29, 0.717) is 12.5 Å². The van der Waals surface area contributed by atoms with Gasteiger partial charge in [-0.25, -0.2) is 0 Å². The summed E-state index contributed by atoms with van der Waals surface area (Å²) in [6, 6.07) is 1.56. The van der Waals surface area contributed by atoms with E-state index >= 15 is 0 Å². The number of halogens is 3. The van der Waals surface area contributed by atoms with Crippen LogP contribution in [-0.2, 0) is 17.5 Å². The van der Waals surface area contributed by atoms with E-state index in [1.807, 2.05) is 0 Å². The van der Waals surface area contributed by atoms with E-state index in [-0.39, 0.29) is 13.0 Å². The number of pyridine rings is 1. The summed E-state index contributed by atoms with van der Waals surface area (Å²) in [7, 11) is 0. The minimum atomic E-state index is -4.48. The molecule has 0 bridgehead atoms. The third-order valence-corrected chi connectivity index (χ3v) is 1.80. The summed E-state index contributed by atoms with van der Waals surface area (Å²) in [5.74, 6) is 0. The Labute approximate surface area is 83.1 Å². The van der Waals surface area contributed by atoms with Gasteiger partial charge < -0.3 is 9.36 Å². The molecule has 0 atom stereocenters. The molecule has 1 rings (SSSR count). The molecule has 0 spiro atoms. The Kier molecular flexibility index (Phi) is 3.28. The quantitative estimate of drug-likeness (QED) is 0.722. The highest BCUT2D eigenvalue weighted by Gasteiger charge is 2.30. The van der Waals surface area contributed by atoms with Crippen molar-refractivity contribution in [2.24, 2.45) is 0 Å². The molecule has 0 fully saturated rings. The maximum absolute atomic E-state index is 12.2. The first kappa shape index (κ1) is 11.5. The van der Waals surface area contributed by atoms with Crippen molar-refractivity contribution < 1.29 is 18.0 Å². The Bertz CT molecular complexity index is 409. The Morgan fingerprint density at radius 1 is 1.33 bits per heavy atom. The summed E-state index contributed by atoms with van der Waals surface area (Å²) in [5, 5.41) is 0. The molecule has 3 nitrogen and oxygen atoms in total. The number of rotatable bonds is 3. The second-order valence-electron chi connectivity index (χ2n) is 2.90. The summed E-state index contributed by atoms with van der Waals surface area (Å²) < 4.78 is 37.6. The third kappa shape index (κ3) is 2.93. The molecule has 0 unspecified atom stereocenters. The van der Waals surface area contributed by atoms with E-state index in [0.717, 1.165) is 16.7 Å². The first-order valence-corrected chi connectivity index (χ1v) is 4.16. The second-order valence-corrected chi connectivity index (χ2v) is 2.90. The van der Waals surface area contributed by atoms with Gasteiger partial charge in [-0.3, -0.25) is 4.79 Å². The number of hydrogen-bond donors (Lipinski definition) is 0. The summed E-state index contributed by atoms with van der Waals surface area (Å²) in [6.45, 7) is -0.0355. The summed E-state index contributed by atoms with van der Waals surface area (Å²) in [5.41, 5.74) is -1.45. The van der Waals surface area contributed by atoms with E-state index in [1.165, 1.54) is 0 Å². The monoisotopic (exact) mass is 219 g/mol. The molecule has 0 N–H and O–H groups in total. The van der Waals surface area contributed by atoms with Gasteiger partial charge in [0.05, 0.1) is 5.56 Å². The molecule has 0 radical (unpaired) electrons. The van der Waals surface area contributed by atoms with Gasteiger partial charge in [-0.1, -0.05) is 0 Å². The first-order valence-electron chi connectivity index (χ1n) is 4.16. The van der Waals surface area contributed by atoms with Gasteiger partial charge >= 0.3 is 6.18 Å². The smallest absolute Gasteiger partial charge is 0.314 e. The van der Waals surface area contributed by atoms with Crippen molar-refractivity contribution in [3.05, 3.63) is 34.2 Å². The predicted molar refractivity (Wildman–Crippen MR) is 46.4 cm³/mol. The van der Waals surface area contributed by atoms with Crippen LogP contribution in [0.15, 0.2) is 23.1 Å². The number of aromatic nitrogens is 1. The van der Waals surface area contributed by atoms with Gasteiger partial charge in [0.1, 0.15) is 6.29 Å². The molecular weight excluding hydrogens is 211 g/mol. The van der Waals surface area contributed by atoms with Gasteiger partial charge in [0.25, 0.3) is 5.56 Å². The van der Waals surface area contributed by atoms with E-state index in [2.05, 4.69) is 0 Å². The normalized spacial score (nSPS) is 11.4. The molecule has 0 aliphatic heterocycles. The van der Waals surface area contributed by atoms with Gasteiger partial charge in [-0.05, 0) is 6.07 Å². The fourth-order valence-corrected chi connectivity index (χ4v) is 1.07. The van der Waals surface area contributed by atoms with Crippen LogP contribution < -0.4 is 5.56 Å². The van der Waals surface area contributed by atoms with E-state index in [9.17, 15) is 22.8 Å². The Hall–Kier alpha value is -1.59. The lowest BCUT2D eigenvalue weighted by atomic mass is 10.2. The highest BCUT2D eigenvalue weighted by atomic mass is 19.4. The van der Waals surface area contributed by atoms with Crippen LogP contribution in [0.2, 0.25) is 0 Å². The average molecular weight is 219 g/mol. The minimum absolute atomic E-state index is 0.0151. The molecule has 0 saturated carbocycles. The maximum Gasteiger partial charge on any atom is 0.417 e. The number of aryl methyl sites for hydroxylation is 1. The number of alkyl halides is 3. The fourth-order valence-electron chi connectivity index (χ4n) is 1.07. The van der Waals surface area contributed by atoms with Crippen LogP contribution >= 0.6 is 0 Å². The minimum Gasteiger partial charge on any atom is -0.314 e. The van der Waals surface area contributed by atoms with Crippen molar-refractivity contribution in [1.82, 2.24) is 4.57 Å². The van der Waals surface area contributed by atoms with Crippen LogP contribution in [0.3, 0.4) is 0 Å². The van der Waals surface area contributed by atoms with E-state index in [1.54, 1.807) is 0 Å². The molecule has 1 aromatic heterocycles. The summed E-state index contributed by atoms with van der Waals surface area (Å²) >= 11 is 0. The lowest BCUT2D eigenvalue weighted by Crippen LogP contribution is -2.21. The van der Waals surface area contributed by atoms with Crippen LogP contribution in [0.5, 0.6) is 0 Å². The molecule has 0 aromatic carbocycles. The number of nitrogens with zero attached hydrogens (tertiary/aromatic N) is 1. The van der Waals surface area contributed by atoms with Crippen LogP contribution in [0.1, 0.15) is 12.0 Å². The Morgan fingerprint density at radius 2 is 2.00 bits per heavy atom. The largest absolute Gasteiger partial charge is 0.417 e. The summed E-state index contributed by atoms with van der Waals surface area (Å²) in [4.78, 5) is 21.1. The van der Waals surface area contributed by atoms with Gasteiger partial charge in [0.2, 0.25) is 0 Å². The van der Waals surface area contributed by atoms with Crippen LogP contribution in [0.25, 0.3) is 0 Å². The molecule has 82 valence electrons. The first-order chi connectivity index (χ1) is 6.95. The number of hydrogen-bond acceptors (Lipinski definition) is 2. The van der Waals surface area contributed by atoms with E-state index in [4.69, 9.17) is 0 Å². The average Bonchev–Trinajstić information content (AvgIpc) is 2.15. The lowest BCUT2D eigenvalue weighted by Gasteiger charge is -2.09. The number of aldehydes is 1. The van der Waals surface area contributed by atoms with Crippen LogP contribution in [0, 0.1) is 0 Å². The fraction of sp³-hybridized carbons (Fsp3) is 0.333. The van der Waals surface area contributed by atoms with Gasteiger partial charge in [-0.2, -0.15) is 13.2 Å². The molecule has 1 aromatic rings. The summed E-state index contributed by atoms with van der Waals surface area (Å²) in [6.07, 6.45) is -3.20. The van der Waals surface area contributed by atoms with Crippen LogP contribution in [0.4, 0.5) is 13.2 Å². The highest BCUT2D eigenvalue weighted by Crippen LogP contribution is 2.27. The molecule has 1 heterocycles. The van der Waals surface area contributed by atoms with Crippen LogP contribution in [-0.4, -0.2) is 10.9 Å². The molecule has 15 heavy (non-hydrogen) atoms. The van der Waals surface area contributed by atoms with Crippen molar-refractivity contribution >= 4 is 6.29 Å². The zero-order chi connectivity index (χ0) is 11.5. The van der Waals surface area contributed by atoms with Gasteiger partial charge in [0.15, 0.2) is 0 Å².